The number of phenols is 1. The molecule has 0 saturated carbocycles. The summed E-state index contributed by atoms with van der Waals surface area (Å²) in [6.07, 6.45) is 1.07. The summed E-state index contributed by atoms with van der Waals surface area (Å²) in [6, 6.07) is 20.7. The number of nitro groups is 1. The number of benzene rings is 3. The van der Waals surface area contributed by atoms with Crippen LogP contribution in [0.2, 0.25) is 0 Å². The molecule has 0 aliphatic carbocycles. The van der Waals surface area contributed by atoms with Gasteiger partial charge < -0.3 is 10.4 Å². The Morgan fingerprint density at radius 1 is 1.06 bits per heavy atom. The van der Waals surface area contributed by atoms with Gasteiger partial charge in [-0.15, -0.1) is 0 Å². The van der Waals surface area contributed by atoms with E-state index in [-0.39, 0.29) is 33.9 Å². The second-order valence-electron chi connectivity index (χ2n) is 6.89. The van der Waals surface area contributed by atoms with Gasteiger partial charge >= 0.3 is 0 Å². The molecule has 0 bridgehead atoms. The first-order valence-corrected chi connectivity index (χ1v) is 10.5. The average Bonchev–Trinajstić information content (AvgIpc) is 2.81. The number of nitro benzene ring substituents is 1. The summed E-state index contributed by atoms with van der Waals surface area (Å²) in [7, 11) is 0. The summed E-state index contributed by atoms with van der Waals surface area (Å²) in [5.41, 5.74) is 3.57. The van der Waals surface area contributed by atoms with E-state index in [0.29, 0.717) is 0 Å². The number of rotatable bonds is 8. The molecular formula is C23H19BrN4O5. The van der Waals surface area contributed by atoms with Crippen LogP contribution >= 0.6 is 15.9 Å². The van der Waals surface area contributed by atoms with Gasteiger partial charge in [0, 0.05) is 17.7 Å². The maximum absolute atomic E-state index is 12.9. The summed E-state index contributed by atoms with van der Waals surface area (Å²) in [6.45, 7) is -0.336. The normalized spacial score (nSPS) is 10.8. The zero-order chi connectivity index (χ0) is 23.8. The molecule has 33 heavy (non-hydrogen) atoms. The lowest BCUT2D eigenvalue weighted by Crippen LogP contribution is -2.37. The van der Waals surface area contributed by atoms with Crippen molar-refractivity contribution < 1.29 is 19.6 Å². The molecule has 0 unspecified atom stereocenters. The number of carbonyl (C=O) groups excluding carboxylic acids is 2. The topological polar surface area (TPSA) is 134 Å². The Morgan fingerprint density at radius 3 is 2.18 bits per heavy atom. The van der Waals surface area contributed by atoms with E-state index in [9.17, 15) is 24.8 Å². The lowest BCUT2D eigenvalue weighted by atomic mass is 9.90. The van der Waals surface area contributed by atoms with Crippen LogP contribution in [0.1, 0.15) is 22.6 Å². The fourth-order valence-electron chi connectivity index (χ4n) is 3.08. The monoisotopic (exact) mass is 510 g/mol. The summed E-state index contributed by atoms with van der Waals surface area (Å²) >= 11 is 3.03. The van der Waals surface area contributed by atoms with Gasteiger partial charge in [0.1, 0.15) is 5.75 Å². The zero-order valence-corrected chi connectivity index (χ0v) is 18.7. The molecule has 2 amide bonds. The number of nitrogens with one attached hydrogen (secondary N) is 2. The van der Waals surface area contributed by atoms with Crippen molar-refractivity contribution in [2.45, 2.75) is 5.92 Å². The molecule has 9 nitrogen and oxygen atoms in total. The highest BCUT2D eigenvalue weighted by atomic mass is 79.9. The molecule has 0 radical (unpaired) electrons. The van der Waals surface area contributed by atoms with Gasteiger partial charge in [0.25, 0.3) is 11.6 Å². The minimum atomic E-state index is -0.619. The van der Waals surface area contributed by atoms with Gasteiger partial charge in [0.15, 0.2) is 0 Å². The second-order valence-corrected chi connectivity index (χ2v) is 7.74. The van der Waals surface area contributed by atoms with E-state index in [2.05, 4.69) is 31.8 Å². The van der Waals surface area contributed by atoms with Crippen LogP contribution in [0.4, 0.5) is 5.69 Å². The first-order chi connectivity index (χ1) is 15.9. The molecule has 3 aromatic carbocycles. The van der Waals surface area contributed by atoms with Gasteiger partial charge in [-0.3, -0.25) is 19.7 Å². The Morgan fingerprint density at radius 2 is 1.64 bits per heavy atom. The van der Waals surface area contributed by atoms with Crippen molar-refractivity contribution in [3.8, 4) is 5.75 Å². The van der Waals surface area contributed by atoms with Gasteiger partial charge in [0.2, 0.25) is 5.91 Å². The number of hydrazone groups is 1. The van der Waals surface area contributed by atoms with E-state index >= 15 is 0 Å². The van der Waals surface area contributed by atoms with E-state index in [1.54, 1.807) is 0 Å². The molecule has 0 fully saturated rings. The van der Waals surface area contributed by atoms with Gasteiger partial charge in [-0.2, -0.15) is 5.10 Å². The second kappa shape index (κ2) is 11.0. The number of non-ortho nitro benzene ring substituents is 1. The average molecular weight is 511 g/mol. The molecule has 0 spiro atoms. The fraction of sp³-hybridized carbons (Fsp3) is 0.0870. The molecule has 3 aromatic rings. The highest BCUT2D eigenvalue weighted by molar-refractivity contribution is 9.10. The molecule has 10 heteroatoms. The van der Waals surface area contributed by atoms with Crippen LogP contribution in [0.5, 0.6) is 5.75 Å². The Kier molecular flexibility index (Phi) is 7.87. The van der Waals surface area contributed by atoms with E-state index in [1.807, 2.05) is 60.7 Å². The third-order valence-electron chi connectivity index (χ3n) is 4.63. The van der Waals surface area contributed by atoms with Crippen molar-refractivity contribution in [2.24, 2.45) is 5.10 Å². The third-order valence-corrected chi connectivity index (χ3v) is 5.24. The van der Waals surface area contributed by atoms with Crippen molar-refractivity contribution in [2.75, 3.05) is 6.54 Å². The molecule has 3 N–H and O–H groups in total. The minimum absolute atomic E-state index is 0.0358. The van der Waals surface area contributed by atoms with Gasteiger partial charge in [-0.05, 0) is 27.1 Å². The number of aromatic hydroxyl groups is 1. The van der Waals surface area contributed by atoms with Crippen LogP contribution in [0.3, 0.4) is 0 Å². The van der Waals surface area contributed by atoms with Crippen LogP contribution in [-0.2, 0) is 9.59 Å². The lowest BCUT2D eigenvalue weighted by Gasteiger charge is -2.17. The number of phenolic OH excluding ortho intramolecular Hbond substituents is 1. The van der Waals surface area contributed by atoms with Crippen molar-refractivity contribution in [1.29, 1.82) is 0 Å². The van der Waals surface area contributed by atoms with Gasteiger partial charge in [0.05, 0.1) is 28.1 Å². The molecule has 0 aliphatic heterocycles. The Bertz CT molecular complexity index is 1150. The molecule has 0 saturated heterocycles. The predicted molar refractivity (Wildman–Crippen MR) is 126 cm³/mol. The number of nitrogens with zero attached hydrogens (tertiary/aromatic N) is 2. The Balaban J connectivity index is 1.64. The van der Waals surface area contributed by atoms with Gasteiger partial charge in [-0.1, -0.05) is 60.7 Å². The molecule has 168 valence electrons. The highest BCUT2D eigenvalue weighted by Gasteiger charge is 2.22. The zero-order valence-electron chi connectivity index (χ0n) is 17.1. The van der Waals surface area contributed by atoms with Crippen LogP contribution in [0.15, 0.2) is 82.4 Å². The summed E-state index contributed by atoms with van der Waals surface area (Å²) in [5, 5.41) is 27.3. The summed E-state index contributed by atoms with van der Waals surface area (Å²) < 4.78 is 0.115. The van der Waals surface area contributed by atoms with E-state index in [0.717, 1.165) is 29.5 Å². The number of hydrogen-bond donors (Lipinski definition) is 3. The summed E-state index contributed by atoms with van der Waals surface area (Å²) in [5.74, 6) is -1.82. The molecule has 3 rings (SSSR count). The van der Waals surface area contributed by atoms with Crippen LogP contribution in [0.25, 0.3) is 0 Å². The molecular weight excluding hydrogens is 492 g/mol. The van der Waals surface area contributed by atoms with Crippen molar-refractivity contribution in [3.63, 3.8) is 0 Å². The quantitative estimate of drug-likeness (QED) is 0.242. The first-order valence-electron chi connectivity index (χ1n) is 9.73. The van der Waals surface area contributed by atoms with E-state index < -0.39 is 16.7 Å². The standard InChI is InChI=1S/C23H19BrN4O5/c24-19-12-18(28(32)33)11-17(22(19)30)13-26-27-20(29)14-25-23(31)21(15-7-3-1-4-8-15)16-9-5-2-6-10-16/h1-13,21,30H,14H2,(H,25,31)(H,27,29)/b26-13-. The number of hydrogen-bond acceptors (Lipinski definition) is 6. The molecule has 0 atom stereocenters. The first kappa shape index (κ1) is 23.6. The summed E-state index contributed by atoms with van der Waals surface area (Å²) in [4.78, 5) is 35.4. The Labute approximate surface area is 197 Å². The maximum atomic E-state index is 12.9. The fourth-order valence-corrected chi connectivity index (χ4v) is 3.54. The minimum Gasteiger partial charge on any atom is -0.506 e. The smallest absolute Gasteiger partial charge is 0.271 e. The maximum Gasteiger partial charge on any atom is 0.271 e. The lowest BCUT2D eigenvalue weighted by molar-refractivity contribution is -0.385. The van der Waals surface area contributed by atoms with E-state index in [1.165, 1.54) is 0 Å². The molecule has 0 aromatic heterocycles. The molecule has 0 heterocycles. The van der Waals surface area contributed by atoms with Crippen LogP contribution in [0, 0.1) is 10.1 Å². The highest BCUT2D eigenvalue weighted by Crippen LogP contribution is 2.31. The Hall–Kier alpha value is -4.05. The molecule has 0 aliphatic rings. The van der Waals surface area contributed by atoms with Crippen LogP contribution < -0.4 is 10.7 Å². The number of carbonyl (C=O) groups is 2. The van der Waals surface area contributed by atoms with Crippen LogP contribution in [-0.4, -0.2) is 34.6 Å². The number of amides is 2. The van der Waals surface area contributed by atoms with E-state index in [4.69, 9.17) is 0 Å². The predicted octanol–water partition coefficient (Wildman–Crippen LogP) is 3.46. The third kappa shape index (κ3) is 6.23. The van der Waals surface area contributed by atoms with Gasteiger partial charge in [-0.25, -0.2) is 5.43 Å². The largest absolute Gasteiger partial charge is 0.506 e. The van der Waals surface area contributed by atoms with Crippen molar-refractivity contribution >= 4 is 39.6 Å². The number of halogens is 1. The van der Waals surface area contributed by atoms with Crippen molar-refractivity contribution in [1.82, 2.24) is 10.7 Å². The SMILES string of the molecule is O=C(CNC(=O)C(c1ccccc1)c1ccccc1)N/N=C\c1cc([N+](=O)[O-])cc(Br)c1O. The van der Waals surface area contributed by atoms with Crippen molar-refractivity contribution in [3.05, 3.63) is 104 Å².